The molecule has 3 fully saturated rings. The van der Waals surface area contributed by atoms with Crippen molar-refractivity contribution in [2.24, 2.45) is 5.11 Å². The van der Waals surface area contributed by atoms with E-state index >= 15 is 0 Å². The highest BCUT2D eigenvalue weighted by atomic mass is 35.6. The second-order valence-corrected chi connectivity index (χ2v) is 27.8. The first-order valence-corrected chi connectivity index (χ1v) is 36.1. The van der Waals surface area contributed by atoms with E-state index < -0.39 is 102 Å². The molecular formula is C83H85Cl3N4O15. The Balaban J connectivity index is 1.01. The lowest BCUT2D eigenvalue weighted by molar-refractivity contribution is -0.390. The number of hydrogen-bond acceptors (Lipinski definition) is 17. The van der Waals surface area contributed by atoms with Crippen LogP contribution in [0.1, 0.15) is 50.1 Å². The van der Waals surface area contributed by atoms with Crippen LogP contribution < -0.4 is 0 Å². The van der Waals surface area contributed by atoms with Crippen molar-refractivity contribution < 1.29 is 71.1 Å². The normalized spacial score (nSPS) is 24.7. The van der Waals surface area contributed by atoms with Crippen LogP contribution in [-0.2, 0) is 131 Å². The van der Waals surface area contributed by atoms with E-state index in [0.717, 1.165) is 50.1 Å². The van der Waals surface area contributed by atoms with Gasteiger partial charge < -0.3 is 71.1 Å². The van der Waals surface area contributed by atoms with Crippen molar-refractivity contribution >= 4 is 40.7 Å². The Bertz CT molecular complexity index is 4010. The Morgan fingerprint density at radius 2 is 0.571 bits per heavy atom. The molecule has 0 aromatic heterocycles. The summed E-state index contributed by atoms with van der Waals surface area (Å²) >= 11 is 19.0. The molecule has 15 atom stereocenters. The molecule has 0 radical (unpaired) electrons. The monoisotopic (exact) mass is 1480 g/mol. The van der Waals surface area contributed by atoms with Gasteiger partial charge in [0, 0.05) is 4.91 Å². The minimum atomic E-state index is -2.37. The van der Waals surface area contributed by atoms with Gasteiger partial charge in [-0.05, 0) is 55.6 Å². The van der Waals surface area contributed by atoms with Gasteiger partial charge in [0.2, 0.25) is 12.2 Å². The summed E-state index contributed by atoms with van der Waals surface area (Å²) in [5.74, 6) is -0.812. The molecule has 12 rings (SSSR count). The maximum Gasteiger partial charge on any atom is 0.265 e. The van der Waals surface area contributed by atoms with Crippen LogP contribution in [0.2, 0.25) is 0 Å². The first kappa shape index (κ1) is 76.7. The zero-order valence-corrected chi connectivity index (χ0v) is 60.0. The number of nitrogens with one attached hydrogen (secondary N) is 1. The smallest absolute Gasteiger partial charge is 0.265 e. The van der Waals surface area contributed by atoms with E-state index in [1.165, 1.54) is 0 Å². The molecule has 19 nitrogen and oxygen atoms in total. The highest BCUT2D eigenvalue weighted by molar-refractivity contribution is 6.76. The second kappa shape index (κ2) is 40.1. The third-order valence-electron chi connectivity index (χ3n) is 17.9. The maximum atomic E-state index is 10.6. The molecule has 22 heteroatoms. The van der Waals surface area contributed by atoms with Gasteiger partial charge >= 0.3 is 0 Å². The number of hydrogen-bond donors (Lipinski definition) is 1. The fourth-order valence-electron chi connectivity index (χ4n) is 12.7. The SMILES string of the molecule is [N-]=[N+]=N[C@H]1C(OC(=N)C(Cl)(Cl)Cl)O[C@H](COCc2ccccc2)[C@@H](O[C@@H]2O[C@H](COCc3ccccc3)[C@H](OCc3ccccc3)[C@H](O[C@H]3O[C@H](COCc4ccccc4)[C@H](OCc4ccccc4)[C@H](OCc4ccccc4)[C@H]3OCc3ccccc3)[C@H]2OCc2ccccc2)[C@@H]1OCc1ccccc1. The Hall–Kier alpha value is -7.93. The van der Waals surface area contributed by atoms with Crippen molar-refractivity contribution in [1.82, 2.24) is 0 Å². The first-order valence-electron chi connectivity index (χ1n) is 35.0. The van der Waals surface area contributed by atoms with Crippen LogP contribution in [0.3, 0.4) is 0 Å². The van der Waals surface area contributed by atoms with Crippen molar-refractivity contribution in [1.29, 1.82) is 5.41 Å². The van der Waals surface area contributed by atoms with Crippen LogP contribution in [0, 0.1) is 5.41 Å². The number of benzene rings is 9. The van der Waals surface area contributed by atoms with Gasteiger partial charge in [-0.25, -0.2) is 0 Å². The fourth-order valence-corrected chi connectivity index (χ4v) is 12.8. The van der Waals surface area contributed by atoms with Crippen LogP contribution in [0.25, 0.3) is 10.4 Å². The lowest BCUT2D eigenvalue weighted by Crippen LogP contribution is -2.68. The zero-order chi connectivity index (χ0) is 72.3. The van der Waals surface area contributed by atoms with E-state index in [0.29, 0.717) is 0 Å². The lowest BCUT2D eigenvalue weighted by Gasteiger charge is -2.51. The molecule has 1 unspecified atom stereocenters. The molecular weight excluding hydrogens is 1400 g/mol. The summed E-state index contributed by atoms with van der Waals surface area (Å²) < 4.78 is 105. The van der Waals surface area contributed by atoms with Gasteiger partial charge in [0.1, 0.15) is 73.2 Å². The summed E-state index contributed by atoms with van der Waals surface area (Å²) in [6.45, 7) is 0.696. The Labute approximate surface area is 627 Å². The molecule has 0 aliphatic carbocycles. The molecule has 0 spiro atoms. The molecule has 9 aromatic carbocycles. The largest absolute Gasteiger partial charge is 0.448 e. The van der Waals surface area contributed by atoms with E-state index in [9.17, 15) is 5.53 Å². The number of halogens is 3. The van der Waals surface area contributed by atoms with Gasteiger partial charge in [-0.1, -0.05) is 313 Å². The van der Waals surface area contributed by atoms with Crippen LogP contribution in [-0.4, -0.2) is 122 Å². The summed E-state index contributed by atoms with van der Waals surface area (Å²) in [6.07, 6.45) is -16.7. The average Bonchev–Trinajstić information content (AvgIpc) is 0.768. The lowest BCUT2D eigenvalue weighted by atomic mass is 9.94. The minimum absolute atomic E-state index is 0.0140. The first-order chi connectivity index (χ1) is 51.6. The molecule has 3 heterocycles. The topological polar surface area (TPSA) is 211 Å². The zero-order valence-electron chi connectivity index (χ0n) is 57.7. The third kappa shape index (κ3) is 22.8. The Kier molecular flexibility index (Phi) is 29.3. The fraction of sp³-hybridized carbons (Fsp3) is 0.337. The highest BCUT2D eigenvalue weighted by Crippen LogP contribution is 2.41. The number of alkyl halides is 3. The predicted octanol–water partition coefficient (Wildman–Crippen LogP) is 16.1. The molecule has 548 valence electrons. The summed E-state index contributed by atoms with van der Waals surface area (Å²) in [4.78, 5) is 3.29. The van der Waals surface area contributed by atoms with Gasteiger partial charge in [-0.15, -0.1) is 0 Å². The van der Waals surface area contributed by atoms with E-state index in [1.807, 2.05) is 273 Å². The highest BCUT2D eigenvalue weighted by Gasteiger charge is 2.58. The predicted molar refractivity (Wildman–Crippen MR) is 396 cm³/mol. The van der Waals surface area contributed by atoms with Gasteiger partial charge in [0.25, 0.3) is 3.79 Å². The molecule has 0 amide bonds. The van der Waals surface area contributed by atoms with Crippen LogP contribution in [0.4, 0.5) is 0 Å². The molecule has 3 aliphatic rings. The van der Waals surface area contributed by atoms with Crippen molar-refractivity contribution in [2.75, 3.05) is 19.8 Å². The van der Waals surface area contributed by atoms with Crippen LogP contribution >= 0.6 is 34.8 Å². The number of nitrogens with zero attached hydrogens (tertiary/aromatic N) is 3. The van der Waals surface area contributed by atoms with Crippen molar-refractivity contribution in [2.45, 2.75) is 155 Å². The Morgan fingerprint density at radius 3 is 0.886 bits per heavy atom. The maximum absolute atomic E-state index is 10.6. The van der Waals surface area contributed by atoms with Crippen molar-refractivity contribution in [3.05, 3.63) is 334 Å². The summed E-state index contributed by atoms with van der Waals surface area (Å²) in [6, 6.07) is 86.3. The molecule has 9 aromatic rings. The number of rotatable bonds is 36. The van der Waals surface area contributed by atoms with E-state index in [-0.39, 0.29) is 79.3 Å². The van der Waals surface area contributed by atoms with Gasteiger partial charge in [0.15, 0.2) is 12.6 Å². The molecule has 0 bridgehead atoms. The van der Waals surface area contributed by atoms with Crippen LogP contribution in [0.5, 0.6) is 0 Å². The summed E-state index contributed by atoms with van der Waals surface area (Å²) in [7, 11) is 0. The Morgan fingerprint density at radius 1 is 0.324 bits per heavy atom. The molecule has 3 aliphatic heterocycles. The standard InChI is InChI=1S/C83H85Cl3N4O15/c84-83(85,86)82(87)105-79-70(89-90-88)74(96-51-63-38-20-6-21-39-63)73(69(100-79)57-93-48-60-32-14-3-15-33-60)103-81-78(99-54-66-44-26-9-27-45-66)76(72(95-50-62-36-18-5-19-37-62)68(102-81)56-92-47-59-30-12-2-13-31-59)104-80-77(98-53-65-42-24-8-25-43-65)75(97-52-64-40-22-7-23-41-64)71(94-49-61-34-16-4-17-35-61)67(101-80)55-91-46-58-28-10-1-11-29-58/h1-45,67-81,87H,46-57H2/t67-,68-,69-,70-,71+,72+,73-,74-,75+,76+,77-,78-,79?,80-,81+/m1/s1. The molecule has 0 saturated carbocycles. The molecule has 3 saturated heterocycles. The number of ether oxygens (including phenoxy) is 15. The van der Waals surface area contributed by atoms with Crippen molar-refractivity contribution in [3.63, 3.8) is 0 Å². The summed E-state index contributed by atoms with van der Waals surface area (Å²) in [5, 5.41) is 13.1. The van der Waals surface area contributed by atoms with E-state index in [2.05, 4.69) is 10.0 Å². The van der Waals surface area contributed by atoms with E-state index in [4.69, 9.17) is 111 Å². The van der Waals surface area contributed by atoms with Gasteiger partial charge in [0.05, 0.1) is 79.3 Å². The summed E-state index contributed by atoms with van der Waals surface area (Å²) in [5.41, 5.74) is 18.4. The van der Waals surface area contributed by atoms with Gasteiger partial charge in [-0.3, -0.25) is 5.41 Å². The molecule has 1 N–H and O–H groups in total. The molecule has 105 heavy (non-hydrogen) atoms. The quantitative estimate of drug-likeness (QED) is 0.00966. The van der Waals surface area contributed by atoms with Crippen LogP contribution in [0.15, 0.2) is 278 Å². The van der Waals surface area contributed by atoms with Gasteiger partial charge in [-0.2, -0.15) is 0 Å². The van der Waals surface area contributed by atoms with E-state index in [1.54, 1.807) is 0 Å². The average molecular weight is 1480 g/mol. The second-order valence-electron chi connectivity index (χ2n) is 25.5. The third-order valence-corrected chi connectivity index (χ3v) is 18.5. The number of azide groups is 1. The van der Waals surface area contributed by atoms with Crippen molar-refractivity contribution in [3.8, 4) is 0 Å². The minimum Gasteiger partial charge on any atom is -0.448 e.